The summed E-state index contributed by atoms with van der Waals surface area (Å²) in [5.74, 6) is 1.64. The zero-order chi connectivity index (χ0) is 12.9. The van der Waals surface area contributed by atoms with Gasteiger partial charge < -0.3 is 0 Å². The molecule has 1 nitrogen and oxygen atoms in total. The molecule has 100 valence electrons. The predicted molar refractivity (Wildman–Crippen MR) is 85.2 cm³/mol. The van der Waals surface area contributed by atoms with Crippen molar-refractivity contribution in [1.82, 2.24) is 0 Å². The van der Waals surface area contributed by atoms with Crippen LogP contribution in [0.2, 0.25) is 0 Å². The van der Waals surface area contributed by atoms with E-state index >= 15 is 0 Å². The fourth-order valence-electron chi connectivity index (χ4n) is 2.09. The van der Waals surface area contributed by atoms with Gasteiger partial charge in [-0.15, -0.1) is 0 Å². The maximum atomic E-state index is 6.08. The molecule has 0 fully saturated rings. The molecule has 0 aliphatic rings. The van der Waals surface area contributed by atoms with Crippen LogP contribution in [-0.2, 0) is 0 Å². The molecule has 1 unspecified atom stereocenters. The van der Waals surface area contributed by atoms with Crippen LogP contribution in [0, 0.1) is 17.3 Å². The van der Waals surface area contributed by atoms with Crippen molar-refractivity contribution in [2.45, 2.75) is 64.7 Å². The molecule has 0 heterocycles. The zero-order valence-electron chi connectivity index (χ0n) is 12.3. The SMILES string of the molecule is CCC(C)[C@H](C)C(C)(C)CC[C@@H](C)I(C)N. The summed E-state index contributed by atoms with van der Waals surface area (Å²) in [7, 11) is 0. The van der Waals surface area contributed by atoms with Crippen LogP contribution in [0.5, 0.6) is 0 Å². The Morgan fingerprint density at radius 2 is 1.69 bits per heavy atom. The third-order valence-corrected chi connectivity index (χ3v) is 8.48. The Labute approximate surface area is 111 Å². The van der Waals surface area contributed by atoms with Crippen molar-refractivity contribution in [2.24, 2.45) is 21.2 Å². The van der Waals surface area contributed by atoms with Crippen LogP contribution < -0.4 is 3.95 Å². The van der Waals surface area contributed by atoms with Gasteiger partial charge in [0.05, 0.1) is 0 Å². The van der Waals surface area contributed by atoms with Crippen LogP contribution in [0.15, 0.2) is 0 Å². The Morgan fingerprint density at radius 1 is 1.19 bits per heavy atom. The van der Waals surface area contributed by atoms with Crippen LogP contribution >= 0.6 is 20.1 Å². The van der Waals surface area contributed by atoms with Gasteiger partial charge >= 0.3 is 111 Å². The van der Waals surface area contributed by atoms with Gasteiger partial charge in [0.1, 0.15) is 0 Å². The van der Waals surface area contributed by atoms with Crippen molar-refractivity contribution < 1.29 is 0 Å². The first-order valence-electron chi connectivity index (χ1n) is 6.55. The molecule has 0 saturated heterocycles. The standard InChI is InChI=1S/C14H32IN/c1-8-11(2)13(4)14(5,6)10-9-12(3)15(7)16/h11-13H,8-10,16H2,1-7H3/t11?,12-,13+/m1/s1. The first kappa shape index (κ1) is 16.7. The molecule has 0 aliphatic carbocycles. The van der Waals surface area contributed by atoms with Crippen molar-refractivity contribution >= 4 is 20.1 Å². The monoisotopic (exact) mass is 341 g/mol. The Bertz CT molecular complexity index is 189. The number of rotatable bonds is 7. The second kappa shape index (κ2) is 7.20. The van der Waals surface area contributed by atoms with Gasteiger partial charge in [0.2, 0.25) is 0 Å². The third kappa shape index (κ3) is 5.35. The summed E-state index contributed by atoms with van der Waals surface area (Å²) in [5.41, 5.74) is 0.468. The summed E-state index contributed by atoms with van der Waals surface area (Å²) in [6, 6.07) is 0. The number of halogens is 1. The zero-order valence-corrected chi connectivity index (χ0v) is 14.5. The van der Waals surface area contributed by atoms with E-state index in [4.69, 9.17) is 3.95 Å². The van der Waals surface area contributed by atoms with Gasteiger partial charge in [-0.2, -0.15) is 0 Å². The number of nitrogens with two attached hydrogens (primary N) is 1. The van der Waals surface area contributed by atoms with Crippen LogP contribution in [0.4, 0.5) is 0 Å². The average molecular weight is 341 g/mol. The van der Waals surface area contributed by atoms with Gasteiger partial charge in [-0.25, -0.2) is 0 Å². The third-order valence-electron chi connectivity index (χ3n) is 4.50. The topological polar surface area (TPSA) is 26.0 Å². The van der Waals surface area contributed by atoms with E-state index < -0.39 is 20.1 Å². The van der Waals surface area contributed by atoms with E-state index in [0.29, 0.717) is 5.41 Å². The molecule has 0 bridgehead atoms. The van der Waals surface area contributed by atoms with Gasteiger partial charge in [-0.1, -0.05) is 0 Å². The van der Waals surface area contributed by atoms with E-state index in [1.165, 1.54) is 19.3 Å². The van der Waals surface area contributed by atoms with Crippen LogP contribution in [0.1, 0.15) is 60.8 Å². The normalized spacial score (nSPS) is 19.1. The molecule has 0 spiro atoms. The summed E-state index contributed by atoms with van der Waals surface area (Å²) in [5, 5.41) is 0. The van der Waals surface area contributed by atoms with Gasteiger partial charge in [0.25, 0.3) is 0 Å². The quantitative estimate of drug-likeness (QED) is 0.399. The van der Waals surface area contributed by atoms with Crippen molar-refractivity contribution in [1.29, 1.82) is 0 Å². The number of hydrogen-bond acceptors (Lipinski definition) is 1. The molecular weight excluding hydrogens is 309 g/mol. The van der Waals surface area contributed by atoms with E-state index in [0.717, 1.165) is 15.8 Å². The molecule has 3 atom stereocenters. The second-order valence-electron chi connectivity index (χ2n) is 6.04. The molecule has 0 aromatic rings. The summed E-state index contributed by atoms with van der Waals surface area (Å²) in [6.45, 7) is 14.3. The Balaban J connectivity index is 4.23. The number of alkyl halides is 2. The van der Waals surface area contributed by atoms with E-state index in [9.17, 15) is 0 Å². The second-order valence-corrected chi connectivity index (χ2v) is 11.4. The fraction of sp³-hybridized carbons (Fsp3) is 1.00. The predicted octanol–water partition coefficient (Wildman–Crippen LogP) is 4.87. The van der Waals surface area contributed by atoms with E-state index in [1.807, 2.05) is 0 Å². The minimum absolute atomic E-state index is 0.468. The van der Waals surface area contributed by atoms with E-state index in [1.54, 1.807) is 0 Å². The van der Waals surface area contributed by atoms with E-state index in [2.05, 4.69) is 46.5 Å². The Morgan fingerprint density at radius 3 is 2.06 bits per heavy atom. The van der Waals surface area contributed by atoms with Crippen molar-refractivity contribution in [3.63, 3.8) is 0 Å². The molecule has 2 N–H and O–H groups in total. The van der Waals surface area contributed by atoms with Gasteiger partial charge in [-0.05, 0) is 0 Å². The summed E-state index contributed by atoms with van der Waals surface area (Å²) in [6.07, 6.45) is 3.95. The molecule has 16 heavy (non-hydrogen) atoms. The molecule has 0 radical (unpaired) electrons. The summed E-state index contributed by atoms with van der Waals surface area (Å²) >= 11 is -1.08. The molecular formula is C14H32IN. The maximum absolute atomic E-state index is 6.08. The van der Waals surface area contributed by atoms with Crippen LogP contribution in [0.25, 0.3) is 0 Å². The molecule has 2 heteroatoms. The molecule has 0 saturated carbocycles. The Kier molecular flexibility index (Phi) is 7.51. The van der Waals surface area contributed by atoms with E-state index in [-0.39, 0.29) is 0 Å². The van der Waals surface area contributed by atoms with Crippen LogP contribution in [0.3, 0.4) is 0 Å². The molecule has 0 aromatic heterocycles. The Hall–Kier alpha value is 0.690. The van der Waals surface area contributed by atoms with Crippen LogP contribution in [-0.4, -0.2) is 8.86 Å². The average Bonchev–Trinajstić information content (AvgIpc) is 2.23. The molecule has 0 amide bonds. The molecule has 0 aromatic carbocycles. The summed E-state index contributed by atoms with van der Waals surface area (Å²) in [4.78, 5) is 2.28. The van der Waals surface area contributed by atoms with Crippen molar-refractivity contribution in [3.8, 4) is 0 Å². The van der Waals surface area contributed by atoms with Gasteiger partial charge in [0.15, 0.2) is 0 Å². The first-order valence-corrected chi connectivity index (χ1v) is 11.2. The van der Waals surface area contributed by atoms with Gasteiger partial charge in [0, 0.05) is 0 Å². The fourth-order valence-corrected chi connectivity index (χ4v) is 3.39. The first-order chi connectivity index (χ1) is 7.22. The van der Waals surface area contributed by atoms with Gasteiger partial charge in [-0.3, -0.25) is 0 Å². The minimum atomic E-state index is -1.08. The van der Waals surface area contributed by atoms with Crippen molar-refractivity contribution in [3.05, 3.63) is 0 Å². The molecule has 0 rings (SSSR count). The van der Waals surface area contributed by atoms with Crippen molar-refractivity contribution in [2.75, 3.05) is 4.93 Å². The number of hydrogen-bond donors (Lipinski definition) is 1. The molecule has 0 aliphatic heterocycles. The summed E-state index contributed by atoms with van der Waals surface area (Å²) < 4.78 is 6.88.